The van der Waals surface area contributed by atoms with E-state index in [1.807, 2.05) is 0 Å². The van der Waals surface area contributed by atoms with Gasteiger partial charge in [0.25, 0.3) is 23.2 Å². The van der Waals surface area contributed by atoms with Gasteiger partial charge in [0.15, 0.2) is 0 Å². The smallest absolute Gasteiger partial charge is 0.287 e. The van der Waals surface area contributed by atoms with Crippen molar-refractivity contribution in [2.75, 3.05) is 13.1 Å². The van der Waals surface area contributed by atoms with Crippen molar-refractivity contribution in [2.45, 2.75) is 0 Å². The van der Waals surface area contributed by atoms with Crippen molar-refractivity contribution in [3.63, 3.8) is 0 Å². The maximum absolute atomic E-state index is 12.0. The molecule has 0 atom stereocenters. The molecule has 2 heterocycles. The lowest BCUT2D eigenvalue weighted by Crippen LogP contribution is -2.35. The first-order valence-corrected chi connectivity index (χ1v) is 7.38. The Morgan fingerprint density at radius 2 is 1.23 bits per heavy atom. The normalized spacial score (nSPS) is 10.4. The van der Waals surface area contributed by atoms with Crippen LogP contribution in [0, 0.1) is 20.2 Å². The third-order valence-electron chi connectivity index (χ3n) is 3.56. The highest BCUT2D eigenvalue weighted by Gasteiger charge is 2.18. The number of aromatic nitrogens is 2. The van der Waals surface area contributed by atoms with Crippen LogP contribution in [0.1, 0.15) is 21.0 Å². The minimum absolute atomic E-state index is 0.0794. The van der Waals surface area contributed by atoms with Crippen LogP contribution in [0.15, 0.2) is 24.5 Å². The minimum Gasteiger partial charge on any atom is -0.349 e. The van der Waals surface area contributed by atoms with E-state index < -0.39 is 21.7 Å². The van der Waals surface area contributed by atoms with Gasteiger partial charge in [-0.15, -0.1) is 0 Å². The standard InChI is InChI=1S/C14H16N6O6/c1-17-7-9(19(23)24)5-11(17)13(21)15-3-4-16-14(22)12-6-10(20(25)26)8-18(12)2/h5-8H,3-4H2,1-2H3,(H,15,21)(H,16,22). The Morgan fingerprint density at radius 1 is 0.885 bits per heavy atom. The number of nitro groups is 2. The largest absolute Gasteiger partial charge is 0.349 e. The van der Waals surface area contributed by atoms with Crippen molar-refractivity contribution >= 4 is 23.2 Å². The molecule has 0 unspecified atom stereocenters. The highest BCUT2D eigenvalue weighted by molar-refractivity contribution is 5.94. The number of rotatable bonds is 7. The van der Waals surface area contributed by atoms with E-state index in [-0.39, 0.29) is 35.9 Å². The number of nitrogens with one attached hydrogen (secondary N) is 2. The van der Waals surface area contributed by atoms with Crippen LogP contribution in [0.4, 0.5) is 11.4 Å². The first kappa shape index (κ1) is 18.6. The van der Waals surface area contributed by atoms with Crippen molar-refractivity contribution < 1.29 is 19.4 Å². The van der Waals surface area contributed by atoms with Crippen LogP contribution in [0.2, 0.25) is 0 Å². The summed E-state index contributed by atoms with van der Waals surface area (Å²) in [6.45, 7) is 0.159. The molecule has 0 radical (unpaired) electrons. The highest BCUT2D eigenvalue weighted by atomic mass is 16.6. The fourth-order valence-corrected chi connectivity index (χ4v) is 2.28. The van der Waals surface area contributed by atoms with Gasteiger partial charge in [-0.25, -0.2) is 0 Å². The molecule has 2 N–H and O–H groups in total. The topological polar surface area (TPSA) is 154 Å². The molecule has 0 bridgehead atoms. The molecule has 2 amide bonds. The van der Waals surface area contributed by atoms with Gasteiger partial charge in [0, 0.05) is 39.3 Å². The highest BCUT2D eigenvalue weighted by Crippen LogP contribution is 2.15. The summed E-state index contributed by atoms with van der Waals surface area (Å²) in [6, 6.07) is 2.30. The molecule has 2 aromatic heterocycles. The molecule has 2 aromatic rings. The lowest BCUT2D eigenvalue weighted by atomic mass is 10.3. The average Bonchev–Trinajstić information content (AvgIpc) is 3.14. The molecule has 0 saturated carbocycles. The zero-order valence-electron chi connectivity index (χ0n) is 14.0. The Hall–Kier alpha value is -3.70. The Balaban J connectivity index is 1.86. The molecule has 0 saturated heterocycles. The lowest BCUT2D eigenvalue weighted by molar-refractivity contribution is -0.385. The Kier molecular flexibility index (Phi) is 5.35. The van der Waals surface area contributed by atoms with Crippen molar-refractivity contribution in [2.24, 2.45) is 14.1 Å². The molecule has 12 nitrogen and oxygen atoms in total. The van der Waals surface area contributed by atoms with Gasteiger partial charge >= 0.3 is 0 Å². The molecular formula is C14H16N6O6. The van der Waals surface area contributed by atoms with Crippen molar-refractivity contribution in [3.8, 4) is 0 Å². The molecule has 12 heteroatoms. The summed E-state index contributed by atoms with van der Waals surface area (Å²) in [4.78, 5) is 44.2. The molecule has 2 rings (SSSR count). The number of carbonyl (C=O) groups is 2. The van der Waals surface area contributed by atoms with E-state index in [0.29, 0.717) is 0 Å². The zero-order chi connectivity index (χ0) is 19.4. The maximum Gasteiger partial charge on any atom is 0.287 e. The van der Waals surface area contributed by atoms with E-state index >= 15 is 0 Å². The van der Waals surface area contributed by atoms with E-state index in [9.17, 15) is 29.8 Å². The monoisotopic (exact) mass is 364 g/mol. The predicted molar refractivity (Wildman–Crippen MR) is 88.8 cm³/mol. The lowest BCUT2D eigenvalue weighted by Gasteiger charge is -2.07. The van der Waals surface area contributed by atoms with Gasteiger partial charge in [-0.1, -0.05) is 0 Å². The summed E-state index contributed by atoms with van der Waals surface area (Å²) in [5.74, 6) is -1.05. The predicted octanol–water partition coefficient (Wildman–Crippen LogP) is 0.340. The maximum atomic E-state index is 12.0. The van der Waals surface area contributed by atoms with Crippen molar-refractivity contribution in [3.05, 3.63) is 56.1 Å². The molecule has 26 heavy (non-hydrogen) atoms. The third kappa shape index (κ3) is 4.03. The second kappa shape index (κ2) is 7.46. The number of carbonyl (C=O) groups excluding carboxylic acids is 2. The van der Waals surface area contributed by atoms with Crippen LogP contribution >= 0.6 is 0 Å². The molecular weight excluding hydrogens is 348 g/mol. The van der Waals surface area contributed by atoms with Gasteiger partial charge in [-0.2, -0.15) is 0 Å². The van der Waals surface area contributed by atoms with Crippen molar-refractivity contribution in [1.29, 1.82) is 0 Å². The summed E-state index contributed by atoms with van der Waals surface area (Å²) >= 11 is 0. The summed E-state index contributed by atoms with van der Waals surface area (Å²) in [6.07, 6.45) is 2.44. The van der Waals surface area contributed by atoms with Crippen LogP contribution < -0.4 is 10.6 Å². The molecule has 0 aliphatic carbocycles. The van der Waals surface area contributed by atoms with Gasteiger partial charge in [0.1, 0.15) is 11.4 Å². The fourth-order valence-electron chi connectivity index (χ4n) is 2.28. The van der Waals surface area contributed by atoms with Crippen LogP contribution in [-0.4, -0.2) is 43.9 Å². The van der Waals surface area contributed by atoms with Crippen LogP contribution in [0.25, 0.3) is 0 Å². The Morgan fingerprint density at radius 3 is 1.50 bits per heavy atom. The first-order chi connectivity index (χ1) is 12.2. The van der Waals surface area contributed by atoms with Gasteiger partial charge < -0.3 is 19.8 Å². The molecule has 0 aliphatic heterocycles. The molecule has 0 fully saturated rings. The van der Waals surface area contributed by atoms with Crippen LogP contribution in [0.5, 0.6) is 0 Å². The Bertz CT molecular complexity index is 810. The van der Waals surface area contributed by atoms with Gasteiger partial charge in [0.2, 0.25) is 0 Å². The Labute approximate surface area is 146 Å². The quantitative estimate of drug-likeness (QED) is 0.410. The van der Waals surface area contributed by atoms with E-state index in [1.165, 1.54) is 35.6 Å². The number of aryl methyl sites for hydroxylation is 2. The fraction of sp³-hybridized carbons (Fsp3) is 0.286. The van der Waals surface area contributed by atoms with Gasteiger partial charge in [0.05, 0.1) is 22.2 Å². The molecule has 0 spiro atoms. The summed E-state index contributed by atoms with van der Waals surface area (Å²) in [5.41, 5.74) is -0.172. The summed E-state index contributed by atoms with van der Waals surface area (Å²) < 4.78 is 2.66. The minimum atomic E-state index is -0.601. The van der Waals surface area contributed by atoms with Crippen LogP contribution in [0.3, 0.4) is 0 Å². The van der Waals surface area contributed by atoms with E-state index in [1.54, 1.807) is 0 Å². The number of nitrogens with zero attached hydrogens (tertiary/aromatic N) is 4. The second-order valence-electron chi connectivity index (χ2n) is 5.41. The first-order valence-electron chi connectivity index (χ1n) is 7.38. The summed E-state index contributed by atoms with van der Waals surface area (Å²) in [7, 11) is 3.01. The third-order valence-corrected chi connectivity index (χ3v) is 3.56. The van der Waals surface area contributed by atoms with Crippen LogP contribution in [-0.2, 0) is 14.1 Å². The zero-order valence-corrected chi connectivity index (χ0v) is 14.0. The van der Waals surface area contributed by atoms with Gasteiger partial charge in [-0.3, -0.25) is 29.8 Å². The molecule has 138 valence electrons. The number of hydrogen-bond acceptors (Lipinski definition) is 6. The number of hydrogen-bond donors (Lipinski definition) is 2. The van der Waals surface area contributed by atoms with Gasteiger partial charge in [-0.05, 0) is 0 Å². The molecule has 0 aliphatic rings. The summed E-state index contributed by atoms with van der Waals surface area (Å²) in [5, 5.41) is 26.4. The van der Waals surface area contributed by atoms with Crippen molar-refractivity contribution in [1.82, 2.24) is 19.8 Å². The molecule has 0 aromatic carbocycles. The number of amides is 2. The van der Waals surface area contributed by atoms with E-state index in [0.717, 1.165) is 12.1 Å². The SMILES string of the molecule is Cn1cc([N+](=O)[O-])cc1C(=O)NCCNC(=O)c1cc([N+](=O)[O-])cn1C. The van der Waals surface area contributed by atoms with E-state index in [4.69, 9.17) is 0 Å². The second-order valence-corrected chi connectivity index (χ2v) is 5.41. The van der Waals surface area contributed by atoms with E-state index in [2.05, 4.69) is 10.6 Å². The average molecular weight is 364 g/mol.